The third kappa shape index (κ3) is 11.7. The Morgan fingerprint density at radius 1 is 0.914 bits per heavy atom. The first-order valence-corrected chi connectivity index (χ1v) is 12.1. The smallest absolute Gasteiger partial charge is 0.409 e. The summed E-state index contributed by atoms with van der Waals surface area (Å²) in [6, 6.07) is 3.89. The molecule has 0 saturated heterocycles. The predicted molar refractivity (Wildman–Crippen MR) is 138 cm³/mol. The zero-order valence-electron chi connectivity index (χ0n) is 22.1. The Balaban J connectivity index is 3.32. The number of unbranched alkanes of at least 4 members (excludes halogenated alkanes) is 2. The van der Waals surface area contributed by atoms with Gasteiger partial charge in [0.15, 0.2) is 13.5 Å². The van der Waals surface area contributed by atoms with Crippen molar-refractivity contribution in [1.29, 1.82) is 0 Å². The second-order valence-corrected chi connectivity index (χ2v) is 9.11. The maximum Gasteiger partial charge on any atom is 0.409 e. The van der Waals surface area contributed by atoms with Crippen LogP contribution in [-0.2, 0) is 12.8 Å². The van der Waals surface area contributed by atoms with Gasteiger partial charge in [-0.2, -0.15) is 0 Å². The molecule has 8 nitrogen and oxygen atoms in total. The largest absolute Gasteiger partial charge is 0.472 e. The van der Waals surface area contributed by atoms with Crippen molar-refractivity contribution in [2.45, 2.75) is 72.6 Å². The Hall–Kier alpha value is -3.16. The van der Waals surface area contributed by atoms with Gasteiger partial charge in [0, 0.05) is 19.7 Å². The van der Waals surface area contributed by atoms with E-state index in [0.717, 1.165) is 59.5 Å². The molecule has 1 rings (SSSR count). The van der Waals surface area contributed by atoms with Crippen LogP contribution in [0.3, 0.4) is 0 Å². The number of hydrogen-bond acceptors (Lipinski definition) is 4. The van der Waals surface area contributed by atoms with E-state index in [2.05, 4.69) is 39.8 Å². The Morgan fingerprint density at radius 3 is 1.91 bits per heavy atom. The first-order chi connectivity index (χ1) is 16.5. The zero-order chi connectivity index (χ0) is 26.4. The molecule has 0 unspecified atom stereocenters. The van der Waals surface area contributed by atoms with Gasteiger partial charge in [0.2, 0.25) is 0 Å². The summed E-state index contributed by atoms with van der Waals surface area (Å²) in [5, 5.41) is 18.4. The van der Waals surface area contributed by atoms with Gasteiger partial charge < -0.3 is 19.7 Å². The molecule has 0 spiro atoms. The van der Waals surface area contributed by atoms with E-state index in [1.807, 2.05) is 12.1 Å². The number of amides is 2. The Kier molecular flexibility index (Phi) is 13.4. The average Bonchev–Trinajstić information content (AvgIpc) is 2.79. The lowest BCUT2D eigenvalue weighted by Crippen LogP contribution is -2.30. The van der Waals surface area contributed by atoms with E-state index in [4.69, 9.17) is 9.47 Å². The topological polar surface area (TPSA) is 99.5 Å². The van der Waals surface area contributed by atoms with Crippen LogP contribution in [0.25, 0.3) is 0 Å². The quantitative estimate of drug-likeness (QED) is 0.164. The number of aryl methyl sites for hydroxylation is 1. The summed E-state index contributed by atoms with van der Waals surface area (Å²) in [4.78, 5) is 24.7. The first kappa shape index (κ1) is 29.9. The van der Waals surface area contributed by atoms with Crippen molar-refractivity contribution in [2.75, 3.05) is 27.6 Å². The highest BCUT2D eigenvalue weighted by Crippen LogP contribution is 2.33. The maximum atomic E-state index is 11.3. The van der Waals surface area contributed by atoms with E-state index in [0.29, 0.717) is 17.9 Å². The molecule has 0 saturated carbocycles. The van der Waals surface area contributed by atoms with Crippen LogP contribution in [0.2, 0.25) is 0 Å². The lowest BCUT2D eigenvalue weighted by Gasteiger charge is -2.21. The predicted octanol–water partition coefficient (Wildman–Crippen LogP) is 6.55. The maximum absolute atomic E-state index is 11.3. The molecule has 0 bridgehead atoms. The average molecular weight is 491 g/mol. The zero-order valence-corrected chi connectivity index (χ0v) is 22.1. The molecule has 0 heterocycles. The minimum atomic E-state index is -1.08. The minimum absolute atomic E-state index is 0.127. The fourth-order valence-corrected chi connectivity index (χ4v) is 3.27. The van der Waals surface area contributed by atoms with Crippen molar-refractivity contribution >= 4 is 12.2 Å². The highest BCUT2D eigenvalue weighted by atomic mass is 16.5. The second-order valence-electron chi connectivity index (χ2n) is 9.11. The van der Waals surface area contributed by atoms with Crippen LogP contribution in [0.4, 0.5) is 9.59 Å². The van der Waals surface area contributed by atoms with Crippen LogP contribution in [-0.4, -0.2) is 59.8 Å². The number of benzene rings is 1. The van der Waals surface area contributed by atoms with Crippen LogP contribution < -0.4 is 9.47 Å². The fourth-order valence-electron chi connectivity index (χ4n) is 3.27. The second kappa shape index (κ2) is 15.7. The number of nitrogens with zero attached hydrogens (tertiary/aromatic N) is 2. The summed E-state index contributed by atoms with van der Waals surface area (Å²) >= 11 is 0. The summed E-state index contributed by atoms with van der Waals surface area (Å²) in [6.45, 7) is 8.13. The molecule has 1 aromatic carbocycles. The van der Waals surface area contributed by atoms with Gasteiger partial charge in [0.1, 0.15) is 11.5 Å². The Labute approximate surface area is 209 Å². The molecular weight excluding hydrogens is 448 g/mol. The molecule has 8 heteroatoms. The van der Waals surface area contributed by atoms with Gasteiger partial charge in [-0.15, -0.1) is 0 Å². The summed E-state index contributed by atoms with van der Waals surface area (Å²) in [5.41, 5.74) is 4.28. The summed E-state index contributed by atoms with van der Waals surface area (Å²) < 4.78 is 11.9. The first-order valence-electron chi connectivity index (χ1n) is 12.1. The molecule has 0 fully saturated rings. The van der Waals surface area contributed by atoms with Crippen LogP contribution in [0.15, 0.2) is 35.4 Å². The van der Waals surface area contributed by atoms with E-state index in [1.54, 1.807) is 0 Å². The monoisotopic (exact) mass is 490 g/mol. The summed E-state index contributed by atoms with van der Waals surface area (Å²) in [5.74, 6) is 1.10. The Morgan fingerprint density at radius 2 is 1.46 bits per heavy atom. The number of allylic oxidation sites excluding steroid dienone is 4. The molecule has 0 radical (unpaired) electrons. The highest BCUT2D eigenvalue weighted by Gasteiger charge is 2.17. The molecule has 2 amide bonds. The van der Waals surface area contributed by atoms with Gasteiger partial charge in [0.25, 0.3) is 0 Å². The van der Waals surface area contributed by atoms with Gasteiger partial charge in [-0.1, -0.05) is 43.1 Å². The lowest BCUT2D eigenvalue weighted by atomic mass is 10.00. The van der Waals surface area contributed by atoms with Crippen LogP contribution in [0.1, 0.15) is 70.9 Å². The SMILES string of the molecule is CCCCCc1cc(OCN(C)C(=O)O)c(CC=C(C)CCC=C(C)C)c(OCN(C)C(=O)O)c1. The van der Waals surface area contributed by atoms with Crippen LogP contribution in [0, 0.1) is 0 Å². The molecule has 0 atom stereocenters. The van der Waals surface area contributed by atoms with E-state index in [1.165, 1.54) is 25.2 Å². The summed E-state index contributed by atoms with van der Waals surface area (Å²) in [6.07, 6.45) is 8.57. The third-order valence-electron chi connectivity index (χ3n) is 5.52. The standard InChI is InChI=1S/C27H42N2O6/c1-7-8-9-13-22-16-24(34-18-28(5)26(30)31)23(15-14-21(4)12-10-11-20(2)3)25(17-22)35-19-29(6)27(32)33/h11,14,16-17H,7-10,12-13,15,18-19H2,1-6H3,(H,30,31)(H,32,33). The summed E-state index contributed by atoms with van der Waals surface area (Å²) in [7, 11) is 2.89. The molecule has 0 aliphatic heterocycles. The van der Waals surface area contributed by atoms with Crippen molar-refractivity contribution < 1.29 is 29.3 Å². The van der Waals surface area contributed by atoms with E-state index >= 15 is 0 Å². The van der Waals surface area contributed by atoms with E-state index < -0.39 is 12.2 Å². The molecule has 0 aromatic heterocycles. The molecule has 0 aliphatic rings. The fraction of sp³-hybridized carbons (Fsp3) is 0.556. The van der Waals surface area contributed by atoms with Crippen molar-refractivity contribution in [3.63, 3.8) is 0 Å². The number of ether oxygens (including phenoxy) is 2. The third-order valence-corrected chi connectivity index (χ3v) is 5.52. The van der Waals surface area contributed by atoms with Crippen molar-refractivity contribution in [3.05, 3.63) is 46.6 Å². The van der Waals surface area contributed by atoms with Crippen molar-refractivity contribution in [1.82, 2.24) is 9.80 Å². The van der Waals surface area contributed by atoms with Gasteiger partial charge in [-0.25, -0.2) is 9.59 Å². The number of carboxylic acid groups (broad SMARTS) is 2. The number of hydrogen-bond donors (Lipinski definition) is 2. The molecule has 2 N–H and O–H groups in total. The Bertz CT molecular complexity index is 845. The molecule has 196 valence electrons. The van der Waals surface area contributed by atoms with Gasteiger partial charge in [-0.3, -0.25) is 9.80 Å². The van der Waals surface area contributed by atoms with Crippen LogP contribution >= 0.6 is 0 Å². The van der Waals surface area contributed by atoms with Crippen LogP contribution in [0.5, 0.6) is 11.5 Å². The highest BCUT2D eigenvalue weighted by molar-refractivity contribution is 5.64. The molecule has 35 heavy (non-hydrogen) atoms. The van der Waals surface area contributed by atoms with Gasteiger partial charge in [-0.05, 0) is 70.6 Å². The lowest BCUT2D eigenvalue weighted by molar-refractivity contribution is 0.111. The minimum Gasteiger partial charge on any atom is -0.472 e. The number of carbonyl (C=O) groups is 2. The van der Waals surface area contributed by atoms with Crippen molar-refractivity contribution in [2.24, 2.45) is 0 Å². The van der Waals surface area contributed by atoms with Gasteiger partial charge in [0.05, 0.1) is 0 Å². The molecule has 0 aliphatic carbocycles. The normalized spacial score (nSPS) is 11.1. The molecular formula is C27H42N2O6. The van der Waals surface area contributed by atoms with E-state index in [-0.39, 0.29) is 13.5 Å². The number of rotatable bonds is 15. The van der Waals surface area contributed by atoms with E-state index in [9.17, 15) is 19.8 Å². The molecule has 1 aromatic rings. The van der Waals surface area contributed by atoms with Gasteiger partial charge >= 0.3 is 12.2 Å². The van der Waals surface area contributed by atoms with Crippen molar-refractivity contribution in [3.8, 4) is 11.5 Å².